The third-order valence-electron chi connectivity index (χ3n) is 3.61. The number of hydrogen-bond acceptors (Lipinski definition) is 7. The summed E-state index contributed by atoms with van der Waals surface area (Å²) in [6.45, 7) is 9.74. The van der Waals surface area contributed by atoms with Crippen molar-refractivity contribution in [1.29, 1.82) is 0 Å². The van der Waals surface area contributed by atoms with Crippen LogP contribution in [-0.4, -0.2) is 46.2 Å². The SMILES string of the molecule is Cc1nc(C)c(-c2nc(C(C)N3CCNCC3)no2)o1. The van der Waals surface area contributed by atoms with Crippen molar-refractivity contribution < 1.29 is 8.94 Å². The first kappa shape index (κ1) is 13.3. The fraction of sp³-hybridized carbons (Fsp3) is 0.615. The third-order valence-corrected chi connectivity index (χ3v) is 3.61. The van der Waals surface area contributed by atoms with Crippen molar-refractivity contribution in [3.63, 3.8) is 0 Å². The van der Waals surface area contributed by atoms with Crippen molar-refractivity contribution in [1.82, 2.24) is 25.3 Å². The van der Waals surface area contributed by atoms with E-state index < -0.39 is 0 Å². The zero-order valence-corrected chi connectivity index (χ0v) is 12.0. The van der Waals surface area contributed by atoms with Gasteiger partial charge in [-0.25, -0.2) is 4.98 Å². The summed E-state index contributed by atoms with van der Waals surface area (Å²) in [4.78, 5) is 11.0. The first-order chi connectivity index (χ1) is 9.65. The Labute approximate surface area is 117 Å². The molecular formula is C13H19N5O2. The molecule has 0 amide bonds. The first-order valence-corrected chi connectivity index (χ1v) is 6.88. The van der Waals surface area contributed by atoms with Crippen LogP contribution < -0.4 is 5.32 Å². The second-order valence-corrected chi connectivity index (χ2v) is 5.07. The average Bonchev–Trinajstić information content (AvgIpc) is 3.05. The fourth-order valence-electron chi connectivity index (χ4n) is 2.46. The largest absolute Gasteiger partial charge is 0.436 e. The van der Waals surface area contributed by atoms with Crippen LogP contribution in [0.4, 0.5) is 0 Å². The normalized spacial score (nSPS) is 18.4. The van der Waals surface area contributed by atoms with Crippen molar-refractivity contribution >= 4 is 0 Å². The highest BCUT2D eigenvalue weighted by atomic mass is 16.5. The molecule has 7 nitrogen and oxygen atoms in total. The predicted molar refractivity (Wildman–Crippen MR) is 72.1 cm³/mol. The molecule has 1 aliphatic heterocycles. The summed E-state index contributed by atoms with van der Waals surface area (Å²) >= 11 is 0. The zero-order chi connectivity index (χ0) is 14.1. The summed E-state index contributed by atoms with van der Waals surface area (Å²) < 4.78 is 10.8. The highest BCUT2D eigenvalue weighted by molar-refractivity contribution is 5.47. The molecule has 108 valence electrons. The highest BCUT2D eigenvalue weighted by Gasteiger charge is 2.24. The van der Waals surface area contributed by atoms with Gasteiger partial charge < -0.3 is 14.3 Å². The Morgan fingerprint density at radius 2 is 1.95 bits per heavy atom. The minimum Gasteiger partial charge on any atom is -0.436 e. The lowest BCUT2D eigenvalue weighted by Crippen LogP contribution is -2.44. The monoisotopic (exact) mass is 277 g/mol. The first-order valence-electron chi connectivity index (χ1n) is 6.88. The Morgan fingerprint density at radius 1 is 1.20 bits per heavy atom. The number of piperazine rings is 1. The number of nitrogens with zero attached hydrogens (tertiary/aromatic N) is 4. The van der Waals surface area contributed by atoms with Gasteiger partial charge in [-0.1, -0.05) is 5.16 Å². The van der Waals surface area contributed by atoms with Crippen molar-refractivity contribution in [2.75, 3.05) is 26.2 Å². The summed E-state index contributed by atoms with van der Waals surface area (Å²) in [6.07, 6.45) is 0. The highest BCUT2D eigenvalue weighted by Crippen LogP contribution is 2.25. The van der Waals surface area contributed by atoms with Gasteiger partial charge in [0.1, 0.15) is 0 Å². The van der Waals surface area contributed by atoms with Crippen LogP contribution in [0.1, 0.15) is 30.4 Å². The number of oxazole rings is 1. The van der Waals surface area contributed by atoms with Gasteiger partial charge in [0.05, 0.1) is 11.7 Å². The van der Waals surface area contributed by atoms with Crippen LogP contribution in [0.25, 0.3) is 11.7 Å². The van der Waals surface area contributed by atoms with Gasteiger partial charge in [-0.2, -0.15) is 4.98 Å². The molecule has 2 aromatic heterocycles. The molecule has 0 radical (unpaired) electrons. The predicted octanol–water partition coefficient (Wildman–Crippen LogP) is 1.31. The molecule has 1 fully saturated rings. The smallest absolute Gasteiger partial charge is 0.295 e. The molecule has 0 aromatic carbocycles. The minimum absolute atomic E-state index is 0.138. The number of aryl methyl sites for hydroxylation is 2. The number of hydrogen-bond donors (Lipinski definition) is 1. The Morgan fingerprint density at radius 3 is 2.60 bits per heavy atom. The van der Waals surface area contributed by atoms with Gasteiger partial charge in [-0.05, 0) is 13.8 Å². The lowest BCUT2D eigenvalue weighted by molar-refractivity contribution is 0.176. The van der Waals surface area contributed by atoms with Crippen LogP contribution in [0.15, 0.2) is 8.94 Å². The summed E-state index contributed by atoms with van der Waals surface area (Å²) in [5, 5.41) is 7.42. The zero-order valence-electron chi connectivity index (χ0n) is 12.0. The summed E-state index contributed by atoms with van der Waals surface area (Å²) in [5.41, 5.74) is 0.771. The molecule has 20 heavy (non-hydrogen) atoms. The van der Waals surface area contributed by atoms with E-state index in [0.29, 0.717) is 23.4 Å². The van der Waals surface area contributed by atoms with E-state index in [1.165, 1.54) is 0 Å². The van der Waals surface area contributed by atoms with Crippen LogP contribution in [0.5, 0.6) is 0 Å². The topological polar surface area (TPSA) is 80.2 Å². The summed E-state index contributed by atoms with van der Waals surface area (Å²) in [5.74, 6) is 2.26. The molecule has 0 spiro atoms. The van der Waals surface area contributed by atoms with Gasteiger partial charge in [0.25, 0.3) is 5.89 Å². The third kappa shape index (κ3) is 2.46. The van der Waals surface area contributed by atoms with E-state index in [2.05, 4.69) is 32.3 Å². The van der Waals surface area contributed by atoms with Crippen molar-refractivity contribution in [3.8, 4) is 11.7 Å². The Bertz CT molecular complexity index is 585. The van der Waals surface area contributed by atoms with E-state index in [1.54, 1.807) is 6.92 Å². The number of nitrogens with one attached hydrogen (secondary N) is 1. The summed E-state index contributed by atoms with van der Waals surface area (Å²) in [7, 11) is 0. The van der Waals surface area contributed by atoms with Crippen molar-refractivity contribution in [2.24, 2.45) is 0 Å². The standard InChI is InChI=1S/C13H19N5O2/c1-8-11(19-10(3)15-8)13-16-12(17-20-13)9(2)18-6-4-14-5-7-18/h9,14H,4-7H2,1-3H3. The van der Waals surface area contributed by atoms with Crippen LogP contribution >= 0.6 is 0 Å². The minimum atomic E-state index is 0.138. The van der Waals surface area contributed by atoms with E-state index in [4.69, 9.17) is 8.94 Å². The molecule has 2 aromatic rings. The number of aromatic nitrogens is 3. The summed E-state index contributed by atoms with van der Waals surface area (Å²) in [6, 6.07) is 0.138. The van der Waals surface area contributed by atoms with Gasteiger partial charge in [-0.3, -0.25) is 4.90 Å². The van der Waals surface area contributed by atoms with E-state index in [1.807, 2.05) is 6.92 Å². The maximum Gasteiger partial charge on any atom is 0.295 e. The quantitative estimate of drug-likeness (QED) is 0.905. The average molecular weight is 277 g/mol. The maximum absolute atomic E-state index is 5.51. The maximum atomic E-state index is 5.51. The molecule has 0 saturated carbocycles. The van der Waals surface area contributed by atoms with Gasteiger partial charge >= 0.3 is 0 Å². The van der Waals surface area contributed by atoms with E-state index in [0.717, 1.165) is 31.9 Å². The molecular weight excluding hydrogens is 258 g/mol. The van der Waals surface area contributed by atoms with Crippen LogP contribution in [0.3, 0.4) is 0 Å². The molecule has 0 aliphatic carbocycles. The molecule has 1 atom stereocenters. The van der Waals surface area contributed by atoms with Crippen LogP contribution in [0, 0.1) is 13.8 Å². The van der Waals surface area contributed by atoms with Crippen LogP contribution in [-0.2, 0) is 0 Å². The molecule has 0 bridgehead atoms. The number of rotatable bonds is 3. The lowest BCUT2D eigenvalue weighted by Gasteiger charge is -2.30. The molecule has 1 saturated heterocycles. The van der Waals surface area contributed by atoms with Gasteiger partial charge in [0, 0.05) is 33.1 Å². The van der Waals surface area contributed by atoms with E-state index >= 15 is 0 Å². The Balaban J connectivity index is 1.81. The van der Waals surface area contributed by atoms with Gasteiger partial charge in [0.2, 0.25) is 5.76 Å². The molecule has 1 N–H and O–H groups in total. The van der Waals surface area contributed by atoms with Gasteiger partial charge in [0.15, 0.2) is 11.7 Å². The van der Waals surface area contributed by atoms with Crippen molar-refractivity contribution in [3.05, 3.63) is 17.4 Å². The molecule has 1 unspecified atom stereocenters. The van der Waals surface area contributed by atoms with E-state index in [-0.39, 0.29) is 6.04 Å². The molecule has 3 heterocycles. The van der Waals surface area contributed by atoms with Gasteiger partial charge in [-0.15, -0.1) is 0 Å². The van der Waals surface area contributed by atoms with E-state index in [9.17, 15) is 0 Å². The lowest BCUT2D eigenvalue weighted by atomic mass is 10.2. The Kier molecular flexibility index (Phi) is 3.54. The molecule has 7 heteroatoms. The molecule has 1 aliphatic rings. The molecule has 3 rings (SSSR count). The second-order valence-electron chi connectivity index (χ2n) is 5.07. The van der Waals surface area contributed by atoms with Crippen molar-refractivity contribution in [2.45, 2.75) is 26.8 Å². The Hall–Kier alpha value is -1.73. The fourth-order valence-corrected chi connectivity index (χ4v) is 2.46. The second kappa shape index (κ2) is 5.34. The van der Waals surface area contributed by atoms with Crippen LogP contribution in [0.2, 0.25) is 0 Å².